The monoisotopic (exact) mass is 375 g/mol. The molecule has 3 rings (SSSR count). The first-order chi connectivity index (χ1) is 12.9. The number of rotatable bonds is 3. The van der Waals surface area contributed by atoms with Gasteiger partial charge in [-0.25, -0.2) is 0 Å². The van der Waals surface area contributed by atoms with Gasteiger partial charge in [0.05, 0.1) is 12.0 Å². The second-order valence-corrected chi connectivity index (χ2v) is 8.11. The Morgan fingerprint density at radius 2 is 1.52 bits per heavy atom. The fourth-order valence-electron chi connectivity index (χ4n) is 3.57. The minimum Gasteiger partial charge on any atom is -0.389 e. The highest BCUT2D eigenvalue weighted by Gasteiger charge is 2.35. The highest BCUT2D eigenvalue weighted by Crippen LogP contribution is 2.26. The van der Waals surface area contributed by atoms with Gasteiger partial charge in [0.15, 0.2) is 0 Å². The lowest BCUT2D eigenvalue weighted by Gasteiger charge is -2.40. The van der Waals surface area contributed by atoms with E-state index in [0.717, 1.165) is 39.3 Å². The first-order valence-corrected chi connectivity index (χ1v) is 10.4. The number of piperidine rings is 1. The molecule has 0 unspecified atom stereocenters. The van der Waals surface area contributed by atoms with E-state index in [1.54, 1.807) is 0 Å². The van der Waals surface area contributed by atoms with E-state index in [2.05, 4.69) is 61.9 Å². The minimum atomic E-state index is -0.808. The number of carbonyl (C=O) groups excluding carboxylic acids is 1. The molecule has 2 heterocycles. The number of anilines is 1. The maximum atomic E-state index is 12.6. The van der Waals surface area contributed by atoms with Crippen LogP contribution in [-0.2, 0) is 4.79 Å². The van der Waals surface area contributed by atoms with Crippen LogP contribution in [0, 0.1) is 6.92 Å². The normalized spacial score (nSPS) is 20.0. The van der Waals surface area contributed by atoms with Gasteiger partial charge in [0.1, 0.15) is 0 Å². The largest absolute Gasteiger partial charge is 0.389 e. The second kappa shape index (κ2) is 10.1. The summed E-state index contributed by atoms with van der Waals surface area (Å²) in [5.74, 6) is 0.102. The van der Waals surface area contributed by atoms with Crippen LogP contribution in [0.25, 0.3) is 0 Å². The molecule has 2 aliphatic rings. The second-order valence-electron chi connectivity index (χ2n) is 8.11. The Bertz CT molecular complexity index is 572. The van der Waals surface area contributed by atoms with E-state index in [9.17, 15) is 9.90 Å². The molecule has 2 saturated heterocycles. The number of carbonyl (C=O) groups is 1. The molecule has 2 aliphatic heterocycles. The summed E-state index contributed by atoms with van der Waals surface area (Å²) in [7, 11) is 2.06. The summed E-state index contributed by atoms with van der Waals surface area (Å²) >= 11 is 0. The lowest BCUT2D eigenvalue weighted by molar-refractivity contribution is -0.138. The van der Waals surface area contributed by atoms with E-state index in [-0.39, 0.29) is 12.3 Å². The van der Waals surface area contributed by atoms with Gasteiger partial charge in [-0.3, -0.25) is 4.79 Å². The standard InChI is InChI=1S/C19H29N3O2.C3H8/c1-16-3-5-17(6-4-16)21-11-13-22(14-12-21)18(23)15-19(24)7-9-20(2)10-8-19;1-3-2/h3-6,24H,7-15H2,1-2H3;3H2,1-2H3. The van der Waals surface area contributed by atoms with Crippen LogP contribution < -0.4 is 4.90 Å². The average Bonchev–Trinajstić information content (AvgIpc) is 2.66. The lowest BCUT2D eigenvalue weighted by atomic mass is 9.88. The zero-order valence-electron chi connectivity index (χ0n) is 17.6. The molecular formula is C22H37N3O2. The SMILES string of the molecule is CCC.Cc1ccc(N2CCN(C(=O)CC3(O)CCN(C)CC3)CC2)cc1. The molecule has 1 amide bonds. The third-order valence-electron chi connectivity index (χ3n) is 5.43. The van der Waals surface area contributed by atoms with Crippen molar-refractivity contribution in [1.29, 1.82) is 0 Å². The number of likely N-dealkylation sites (tertiary alicyclic amines) is 1. The summed E-state index contributed by atoms with van der Waals surface area (Å²) in [5, 5.41) is 10.7. The van der Waals surface area contributed by atoms with Crippen LogP contribution in [0.4, 0.5) is 5.69 Å². The molecule has 0 bridgehead atoms. The summed E-state index contributed by atoms with van der Waals surface area (Å²) < 4.78 is 0. The third kappa shape index (κ3) is 6.51. The molecule has 152 valence electrons. The minimum absolute atomic E-state index is 0.102. The lowest BCUT2D eigenvalue weighted by Crippen LogP contribution is -2.52. The fourth-order valence-corrected chi connectivity index (χ4v) is 3.57. The number of hydrogen-bond donors (Lipinski definition) is 1. The molecule has 1 N–H and O–H groups in total. The number of aryl methyl sites for hydroxylation is 1. The van der Waals surface area contributed by atoms with Crippen molar-refractivity contribution in [2.75, 3.05) is 51.2 Å². The van der Waals surface area contributed by atoms with Gasteiger partial charge < -0.3 is 19.8 Å². The molecular weight excluding hydrogens is 338 g/mol. The van der Waals surface area contributed by atoms with Crippen LogP contribution in [-0.4, -0.2) is 72.7 Å². The molecule has 27 heavy (non-hydrogen) atoms. The summed E-state index contributed by atoms with van der Waals surface area (Å²) in [6.07, 6.45) is 2.91. The molecule has 0 radical (unpaired) electrons. The van der Waals surface area contributed by atoms with E-state index < -0.39 is 5.60 Å². The number of benzene rings is 1. The van der Waals surface area contributed by atoms with Crippen LogP contribution in [0.3, 0.4) is 0 Å². The maximum absolute atomic E-state index is 12.6. The van der Waals surface area contributed by atoms with Gasteiger partial charge in [-0.2, -0.15) is 0 Å². The Morgan fingerprint density at radius 3 is 2.04 bits per heavy atom. The fraction of sp³-hybridized carbons (Fsp3) is 0.682. The Morgan fingerprint density at radius 1 is 1.00 bits per heavy atom. The third-order valence-corrected chi connectivity index (χ3v) is 5.43. The Hall–Kier alpha value is -1.59. The predicted octanol–water partition coefficient (Wildman–Crippen LogP) is 2.91. The summed E-state index contributed by atoms with van der Waals surface area (Å²) in [5.41, 5.74) is 1.68. The first kappa shape index (κ1) is 21.7. The zero-order chi connectivity index (χ0) is 19.9. The summed E-state index contributed by atoms with van der Waals surface area (Å²) in [4.78, 5) is 19.0. The number of aliphatic hydroxyl groups is 1. The van der Waals surface area contributed by atoms with E-state index in [1.807, 2.05) is 4.90 Å². The predicted molar refractivity (Wildman–Crippen MR) is 112 cm³/mol. The van der Waals surface area contributed by atoms with Crippen molar-refractivity contribution >= 4 is 11.6 Å². The van der Waals surface area contributed by atoms with Crippen molar-refractivity contribution in [3.8, 4) is 0 Å². The van der Waals surface area contributed by atoms with Crippen molar-refractivity contribution < 1.29 is 9.90 Å². The first-order valence-electron chi connectivity index (χ1n) is 10.4. The van der Waals surface area contributed by atoms with Gasteiger partial charge in [0, 0.05) is 45.0 Å². The molecule has 0 aliphatic carbocycles. The van der Waals surface area contributed by atoms with Gasteiger partial charge in [-0.05, 0) is 38.9 Å². The Balaban J connectivity index is 0.000000817. The molecule has 1 aromatic rings. The van der Waals surface area contributed by atoms with Gasteiger partial charge in [-0.15, -0.1) is 0 Å². The molecule has 0 spiro atoms. The van der Waals surface area contributed by atoms with Crippen molar-refractivity contribution in [2.45, 2.75) is 52.1 Å². The van der Waals surface area contributed by atoms with Gasteiger partial charge >= 0.3 is 0 Å². The molecule has 0 saturated carbocycles. The molecule has 2 fully saturated rings. The number of amides is 1. The topological polar surface area (TPSA) is 47.0 Å². The van der Waals surface area contributed by atoms with E-state index >= 15 is 0 Å². The zero-order valence-corrected chi connectivity index (χ0v) is 17.6. The Labute approximate surface area is 164 Å². The smallest absolute Gasteiger partial charge is 0.225 e. The maximum Gasteiger partial charge on any atom is 0.225 e. The van der Waals surface area contributed by atoms with Gasteiger partial charge in [-0.1, -0.05) is 38.0 Å². The highest BCUT2D eigenvalue weighted by atomic mass is 16.3. The van der Waals surface area contributed by atoms with E-state index in [1.165, 1.54) is 17.7 Å². The van der Waals surface area contributed by atoms with E-state index in [4.69, 9.17) is 0 Å². The van der Waals surface area contributed by atoms with Crippen LogP contribution in [0.1, 0.15) is 45.1 Å². The summed E-state index contributed by atoms with van der Waals surface area (Å²) in [6, 6.07) is 8.55. The number of hydrogen-bond acceptors (Lipinski definition) is 4. The molecule has 1 aromatic carbocycles. The van der Waals surface area contributed by atoms with Crippen LogP contribution in [0.15, 0.2) is 24.3 Å². The molecule has 5 nitrogen and oxygen atoms in total. The average molecular weight is 376 g/mol. The highest BCUT2D eigenvalue weighted by molar-refractivity contribution is 5.77. The van der Waals surface area contributed by atoms with Crippen molar-refractivity contribution in [1.82, 2.24) is 9.80 Å². The molecule has 0 atom stereocenters. The molecule has 0 aromatic heterocycles. The van der Waals surface area contributed by atoms with Crippen LogP contribution in [0.2, 0.25) is 0 Å². The van der Waals surface area contributed by atoms with Crippen LogP contribution in [0.5, 0.6) is 0 Å². The van der Waals surface area contributed by atoms with Gasteiger partial charge in [0.2, 0.25) is 5.91 Å². The van der Waals surface area contributed by atoms with Gasteiger partial charge in [0.25, 0.3) is 0 Å². The number of piperazine rings is 1. The number of nitrogens with zero attached hydrogens (tertiary/aromatic N) is 3. The van der Waals surface area contributed by atoms with Crippen molar-refractivity contribution in [3.05, 3.63) is 29.8 Å². The van der Waals surface area contributed by atoms with Crippen molar-refractivity contribution in [2.24, 2.45) is 0 Å². The van der Waals surface area contributed by atoms with E-state index in [0.29, 0.717) is 12.8 Å². The Kier molecular flexibility index (Phi) is 8.11. The van der Waals surface area contributed by atoms with Crippen molar-refractivity contribution in [3.63, 3.8) is 0 Å². The summed E-state index contributed by atoms with van der Waals surface area (Å²) in [6.45, 7) is 11.3. The quantitative estimate of drug-likeness (QED) is 0.882. The molecule has 5 heteroatoms. The van der Waals surface area contributed by atoms with Crippen LogP contribution >= 0.6 is 0 Å².